The Hall–Kier alpha value is -0.420. The molecule has 0 spiro atoms. The van der Waals surface area contributed by atoms with Crippen molar-refractivity contribution in [1.82, 2.24) is 0 Å². The van der Waals surface area contributed by atoms with E-state index in [-0.39, 0.29) is 11.7 Å². The van der Waals surface area contributed by atoms with Crippen molar-refractivity contribution in [2.24, 2.45) is 0 Å². The Morgan fingerprint density at radius 2 is 2.18 bits per heavy atom. The molecule has 0 bridgehead atoms. The lowest BCUT2D eigenvalue weighted by atomic mass is 10.2. The number of unbranched alkanes of at least 4 members (excludes halogenated alkanes) is 1. The predicted molar refractivity (Wildman–Crippen MR) is 41.5 cm³/mol. The number of hydrogen-bond donors (Lipinski definition) is 1. The van der Waals surface area contributed by atoms with E-state index in [1.807, 2.05) is 0 Å². The molecule has 0 radical (unpaired) electrons. The Balaban J connectivity index is 3.14. The molecule has 66 valence electrons. The van der Waals surface area contributed by atoms with Crippen LogP contribution in [0.5, 0.6) is 0 Å². The Morgan fingerprint density at radius 3 is 2.64 bits per heavy atom. The summed E-state index contributed by atoms with van der Waals surface area (Å²) >= 11 is -1.73. The van der Waals surface area contributed by atoms with Gasteiger partial charge in [0.1, 0.15) is 0 Å². The van der Waals surface area contributed by atoms with Crippen molar-refractivity contribution in [3.05, 3.63) is 0 Å². The number of ether oxygens (including phenoxy) is 1. The van der Waals surface area contributed by atoms with E-state index in [2.05, 4.69) is 4.74 Å². The molecular weight excluding hydrogens is 168 g/mol. The average molecular weight is 180 g/mol. The summed E-state index contributed by atoms with van der Waals surface area (Å²) in [4.78, 5) is 10.5. The number of rotatable bonds is 5. The van der Waals surface area contributed by atoms with Crippen LogP contribution in [0.2, 0.25) is 0 Å². The maximum absolute atomic E-state index is 10.5. The molecule has 0 heterocycles. The second-order valence-electron chi connectivity index (χ2n) is 2.06. The summed E-state index contributed by atoms with van der Waals surface area (Å²) in [7, 11) is 1.33. The highest BCUT2D eigenvalue weighted by atomic mass is 32.2. The average Bonchev–Trinajstić information content (AvgIpc) is 1.97. The van der Waals surface area contributed by atoms with Gasteiger partial charge in [-0.25, -0.2) is 4.21 Å². The van der Waals surface area contributed by atoms with Crippen molar-refractivity contribution < 1.29 is 18.3 Å². The molecule has 0 aliphatic carbocycles. The highest BCUT2D eigenvalue weighted by molar-refractivity contribution is 7.79. The van der Waals surface area contributed by atoms with Gasteiger partial charge in [-0.05, 0) is 12.8 Å². The fourth-order valence-corrected chi connectivity index (χ4v) is 1.05. The first kappa shape index (κ1) is 10.6. The van der Waals surface area contributed by atoms with Crippen molar-refractivity contribution in [2.45, 2.75) is 19.3 Å². The maximum Gasteiger partial charge on any atom is 0.305 e. The van der Waals surface area contributed by atoms with Crippen LogP contribution in [0.4, 0.5) is 0 Å². The largest absolute Gasteiger partial charge is 0.469 e. The first-order valence-electron chi connectivity index (χ1n) is 3.31. The highest BCUT2D eigenvalue weighted by Crippen LogP contribution is 1.97. The molecule has 0 aliphatic heterocycles. The molecule has 0 aromatic heterocycles. The normalized spacial score (nSPS) is 12.5. The number of methoxy groups -OCH3 is 1. The zero-order valence-electron chi connectivity index (χ0n) is 6.41. The van der Waals surface area contributed by atoms with Gasteiger partial charge in [0.05, 0.1) is 7.11 Å². The fraction of sp³-hybridized carbons (Fsp3) is 0.833. The lowest BCUT2D eigenvalue weighted by molar-refractivity contribution is -0.140. The molecule has 11 heavy (non-hydrogen) atoms. The van der Waals surface area contributed by atoms with Gasteiger partial charge < -0.3 is 9.29 Å². The van der Waals surface area contributed by atoms with Gasteiger partial charge in [0, 0.05) is 12.2 Å². The van der Waals surface area contributed by atoms with Gasteiger partial charge in [-0.2, -0.15) is 0 Å². The lowest BCUT2D eigenvalue weighted by Gasteiger charge is -1.96. The van der Waals surface area contributed by atoms with Crippen molar-refractivity contribution >= 4 is 17.0 Å². The van der Waals surface area contributed by atoms with Crippen molar-refractivity contribution in [3.8, 4) is 0 Å². The van der Waals surface area contributed by atoms with Gasteiger partial charge in [-0.15, -0.1) is 0 Å². The molecule has 0 saturated carbocycles. The van der Waals surface area contributed by atoms with E-state index in [9.17, 15) is 9.00 Å². The minimum Gasteiger partial charge on any atom is -0.469 e. The molecule has 5 heteroatoms. The molecule has 1 unspecified atom stereocenters. The van der Waals surface area contributed by atoms with E-state index >= 15 is 0 Å². The molecule has 1 atom stereocenters. The van der Waals surface area contributed by atoms with Gasteiger partial charge in [0.15, 0.2) is 11.1 Å². The summed E-state index contributed by atoms with van der Waals surface area (Å²) in [6.07, 6.45) is 1.52. The third-order valence-electron chi connectivity index (χ3n) is 1.18. The number of esters is 1. The Kier molecular flexibility index (Phi) is 6.06. The molecule has 0 aliphatic rings. The van der Waals surface area contributed by atoms with Crippen LogP contribution < -0.4 is 0 Å². The van der Waals surface area contributed by atoms with Crippen LogP contribution in [0, 0.1) is 0 Å². The molecule has 1 N–H and O–H groups in total. The summed E-state index contributed by atoms with van der Waals surface area (Å²) in [6.45, 7) is 0. The molecular formula is C6H12O4S. The van der Waals surface area contributed by atoms with Crippen LogP contribution in [0.15, 0.2) is 0 Å². The van der Waals surface area contributed by atoms with Crippen LogP contribution >= 0.6 is 0 Å². The summed E-state index contributed by atoms with van der Waals surface area (Å²) in [6, 6.07) is 0. The van der Waals surface area contributed by atoms with E-state index in [0.717, 1.165) is 0 Å². The smallest absolute Gasteiger partial charge is 0.305 e. The third kappa shape index (κ3) is 7.48. The summed E-state index contributed by atoms with van der Waals surface area (Å²) in [5.41, 5.74) is 0. The first-order chi connectivity index (χ1) is 5.16. The first-order valence-corrected chi connectivity index (χ1v) is 4.58. The van der Waals surface area contributed by atoms with Crippen LogP contribution in [0.3, 0.4) is 0 Å². The maximum atomic E-state index is 10.5. The van der Waals surface area contributed by atoms with E-state index in [1.54, 1.807) is 0 Å². The summed E-state index contributed by atoms with van der Waals surface area (Å²) in [5.74, 6) is -0.0366. The van der Waals surface area contributed by atoms with E-state index in [4.69, 9.17) is 4.55 Å². The molecule has 0 amide bonds. The molecule has 0 aromatic carbocycles. The quantitative estimate of drug-likeness (QED) is 0.381. The van der Waals surface area contributed by atoms with E-state index in [0.29, 0.717) is 19.3 Å². The zero-order valence-corrected chi connectivity index (χ0v) is 7.23. The minimum atomic E-state index is -1.73. The second kappa shape index (κ2) is 6.30. The zero-order chi connectivity index (χ0) is 8.69. The standard InChI is InChI=1S/C6H12O4S/c1-10-6(7)4-2-3-5-11(8)9/h2-5H2,1H3,(H,8,9). The second-order valence-corrected chi connectivity index (χ2v) is 3.11. The molecule has 0 aromatic rings. The molecule has 4 nitrogen and oxygen atoms in total. The van der Waals surface area contributed by atoms with Crippen LogP contribution in [0.25, 0.3) is 0 Å². The van der Waals surface area contributed by atoms with E-state index in [1.165, 1.54) is 7.11 Å². The lowest BCUT2D eigenvalue weighted by Crippen LogP contribution is -2.01. The summed E-state index contributed by atoms with van der Waals surface area (Å²) in [5, 5.41) is 0. The fourth-order valence-electron chi connectivity index (χ4n) is 0.597. The number of carbonyl (C=O) groups is 1. The number of hydrogen-bond acceptors (Lipinski definition) is 3. The molecule has 0 saturated heterocycles. The summed E-state index contributed by atoms with van der Waals surface area (Å²) < 4.78 is 22.8. The highest BCUT2D eigenvalue weighted by Gasteiger charge is 2.00. The number of carbonyl (C=O) groups excluding carboxylic acids is 1. The van der Waals surface area contributed by atoms with Crippen LogP contribution in [0.1, 0.15) is 19.3 Å². The van der Waals surface area contributed by atoms with Crippen molar-refractivity contribution in [1.29, 1.82) is 0 Å². The Morgan fingerprint density at radius 1 is 1.55 bits per heavy atom. The van der Waals surface area contributed by atoms with Gasteiger partial charge in [-0.3, -0.25) is 4.79 Å². The van der Waals surface area contributed by atoms with E-state index < -0.39 is 11.1 Å². The van der Waals surface area contributed by atoms with Gasteiger partial charge in [0.2, 0.25) is 0 Å². The third-order valence-corrected chi connectivity index (χ3v) is 1.82. The van der Waals surface area contributed by atoms with Gasteiger partial charge >= 0.3 is 5.97 Å². The van der Waals surface area contributed by atoms with Gasteiger partial charge in [0.25, 0.3) is 0 Å². The van der Waals surface area contributed by atoms with Gasteiger partial charge in [-0.1, -0.05) is 0 Å². The van der Waals surface area contributed by atoms with Crippen LogP contribution in [-0.4, -0.2) is 27.6 Å². The van der Waals surface area contributed by atoms with Crippen molar-refractivity contribution in [2.75, 3.05) is 12.9 Å². The van der Waals surface area contributed by atoms with Crippen molar-refractivity contribution in [3.63, 3.8) is 0 Å². The Bertz CT molecular complexity index is 146. The minimum absolute atomic E-state index is 0.233. The molecule has 0 fully saturated rings. The SMILES string of the molecule is COC(=O)CCCCS(=O)O. The predicted octanol–water partition coefficient (Wildman–Crippen LogP) is 0.551. The monoisotopic (exact) mass is 180 g/mol. The topological polar surface area (TPSA) is 63.6 Å². The molecule has 0 rings (SSSR count). The Labute approximate surface area is 68.2 Å². The van der Waals surface area contributed by atoms with Crippen LogP contribution in [-0.2, 0) is 20.6 Å².